The number of nitrogens with zero attached hydrogens (tertiary/aromatic N) is 1. The third kappa shape index (κ3) is 4.14. The third-order valence-corrected chi connectivity index (χ3v) is 6.21. The van der Waals surface area contributed by atoms with Crippen LogP contribution in [-0.4, -0.2) is 28.7 Å². The van der Waals surface area contributed by atoms with E-state index < -0.39 is 0 Å². The summed E-state index contributed by atoms with van der Waals surface area (Å²) >= 11 is 1.44. The lowest BCUT2D eigenvalue weighted by Gasteiger charge is -2.12. The summed E-state index contributed by atoms with van der Waals surface area (Å²) in [7, 11) is 0. The molecule has 1 aromatic carbocycles. The number of hydrogen-bond donors (Lipinski definition) is 2. The first-order valence-corrected chi connectivity index (χ1v) is 10.8. The highest BCUT2D eigenvalue weighted by molar-refractivity contribution is 7.17. The van der Waals surface area contributed by atoms with E-state index in [0.29, 0.717) is 28.4 Å². The second kappa shape index (κ2) is 8.79. The van der Waals surface area contributed by atoms with Crippen molar-refractivity contribution < 1.29 is 18.7 Å². The van der Waals surface area contributed by atoms with Crippen molar-refractivity contribution in [2.75, 3.05) is 11.9 Å². The molecule has 1 aliphatic rings. The fraction of sp³-hybridized carbons (Fsp3) is 0.318. The number of aryl methyl sites for hydroxylation is 1. The van der Waals surface area contributed by atoms with Crippen LogP contribution in [0, 0.1) is 5.82 Å². The molecule has 1 amide bonds. The van der Waals surface area contributed by atoms with Crippen molar-refractivity contribution in [1.82, 2.24) is 10.2 Å². The standard InChI is InChI=1S/C22H22FN3O3S/c1-2-11-29-22(28)19-15-5-3-4-6-18(15)30-21(19)24-20(27)17-12-16(25-26-17)13-7-9-14(23)10-8-13/h7-10,12H,2-6,11H2,1H3,(H,24,27)(H,25,26). The van der Waals surface area contributed by atoms with Gasteiger partial charge in [0.1, 0.15) is 16.5 Å². The maximum Gasteiger partial charge on any atom is 0.341 e. The predicted octanol–water partition coefficient (Wildman–Crippen LogP) is 4.98. The number of carbonyl (C=O) groups is 2. The minimum absolute atomic E-state index is 0.258. The molecule has 156 valence electrons. The van der Waals surface area contributed by atoms with E-state index in [0.717, 1.165) is 42.5 Å². The molecule has 0 atom stereocenters. The molecule has 0 radical (unpaired) electrons. The zero-order chi connectivity index (χ0) is 21.1. The van der Waals surface area contributed by atoms with E-state index in [9.17, 15) is 14.0 Å². The second-order valence-electron chi connectivity index (χ2n) is 7.18. The Hall–Kier alpha value is -3.00. The molecule has 1 aliphatic carbocycles. The number of amides is 1. The molecule has 0 saturated carbocycles. The summed E-state index contributed by atoms with van der Waals surface area (Å²) in [5, 5.41) is 10.2. The number of fused-ring (bicyclic) bond motifs is 1. The normalized spacial score (nSPS) is 13.0. The predicted molar refractivity (Wildman–Crippen MR) is 113 cm³/mol. The topological polar surface area (TPSA) is 84.1 Å². The molecule has 3 aromatic rings. The fourth-order valence-corrected chi connectivity index (χ4v) is 4.79. The lowest BCUT2D eigenvalue weighted by Crippen LogP contribution is -2.16. The van der Waals surface area contributed by atoms with Crippen LogP contribution in [0.3, 0.4) is 0 Å². The van der Waals surface area contributed by atoms with Crippen molar-refractivity contribution >= 4 is 28.2 Å². The average Bonchev–Trinajstić information content (AvgIpc) is 3.37. The van der Waals surface area contributed by atoms with E-state index in [-0.39, 0.29) is 23.4 Å². The van der Waals surface area contributed by atoms with Gasteiger partial charge in [0.25, 0.3) is 5.91 Å². The Morgan fingerprint density at radius 2 is 2.00 bits per heavy atom. The molecular formula is C22H22FN3O3S. The van der Waals surface area contributed by atoms with Crippen LogP contribution in [0.15, 0.2) is 30.3 Å². The number of aromatic nitrogens is 2. The van der Waals surface area contributed by atoms with Gasteiger partial charge >= 0.3 is 5.97 Å². The monoisotopic (exact) mass is 427 g/mol. The minimum Gasteiger partial charge on any atom is -0.462 e. The highest BCUT2D eigenvalue weighted by atomic mass is 32.1. The molecule has 0 bridgehead atoms. The summed E-state index contributed by atoms with van der Waals surface area (Å²) in [4.78, 5) is 26.6. The summed E-state index contributed by atoms with van der Waals surface area (Å²) in [6, 6.07) is 7.48. The van der Waals surface area contributed by atoms with E-state index >= 15 is 0 Å². The van der Waals surface area contributed by atoms with Crippen molar-refractivity contribution in [3.63, 3.8) is 0 Å². The summed E-state index contributed by atoms with van der Waals surface area (Å²) < 4.78 is 18.5. The maximum absolute atomic E-state index is 13.1. The number of thiophene rings is 1. The van der Waals surface area contributed by atoms with Gasteiger partial charge < -0.3 is 10.1 Å². The molecule has 2 aromatic heterocycles. The van der Waals surface area contributed by atoms with Crippen LogP contribution in [0.25, 0.3) is 11.3 Å². The lowest BCUT2D eigenvalue weighted by molar-refractivity contribution is 0.0505. The van der Waals surface area contributed by atoms with Gasteiger partial charge in [-0.1, -0.05) is 6.92 Å². The quantitative estimate of drug-likeness (QED) is 0.544. The Morgan fingerprint density at radius 3 is 2.77 bits per heavy atom. The minimum atomic E-state index is -0.390. The van der Waals surface area contributed by atoms with Crippen LogP contribution in [0.1, 0.15) is 57.5 Å². The molecule has 0 saturated heterocycles. The van der Waals surface area contributed by atoms with Crippen LogP contribution in [-0.2, 0) is 17.6 Å². The number of anilines is 1. The highest BCUT2D eigenvalue weighted by Crippen LogP contribution is 2.38. The fourth-order valence-electron chi connectivity index (χ4n) is 3.51. The molecular weight excluding hydrogens is 405 g/mol. The van der Waals surface area contributed by atoms with Crippen LogP contribution in [0.2, 0.25) is 0 Å². The molecule has 2 heterocycles. The Labute approximate surface area is 177 Å². The Morgan fingerprint density at radius 1 is 1.23 bits per heavy atom. The van der Waals surface area contributed by atoms with Crippen LogP contribution in [0.4, 0.5) is 9.39 Å². The van der Waals surface area contributed by atoms with Crippen LogP contribution < -0.4 is 5.32 Å². The van der Waals surface area contributed by atoms with Crippen molar-refractivity contribution in [2.45, 2.75) is 39.0 Å². The van der Waals surface area contributed by atoms with Crippen molar-refractivity contribution in [2.24, 2.45) is 0 Å². The third-order valence-electron chi connectivity index (χ3n) is 5.00. The lowest BCUT2D eigenvalue weighted by atomic mass is 9.95. The number of rotatable bonds is 6. The van der Waals surface area contributed by atoms with E-state index in [1.807, 2.05) is 6.92 Å². The largest absolute Gasteiger partial charge is 0.462 e. The molecule has 8 heteroatoms. The SMILES string of the molecule is CCCOC(=O)c1c(NC(=O)c2cc(-c3ccc(F)cc3)n[nH]2)sc2c1CCCC2. The van der Waals surface area contributed by atoms with Gasteiger partial charge in [-0.2, -0.15) is 5.10 Å². The summed E-state index contributed by atoms with van der Waals surface area (Å²) in [5.74, 6) is -1.11. The van der Waals surface area contributed by atoms with Crippen LogP contribution in [0.5, 0.6) is 0 Å². The van der Waals surface area contributed by atoms with E-state index in [2.05, 4.69) is 15.5 Å². The Balaban J connectivity index is 1.58. The first-order valence-electron chi connectivity index (χ1n) is 10.0. The van der Waals surface area contributed by atoms with Crippen LogP contribution >= 0.6 is 11.3 Å². The second-order valence-corrected chi connectivity index (χ2v) is 8.28. The molecule has 0 unspecified atom stereocenters. The van der Waals surface area contributed by atoms with Crippen molar-refractivity contribution in [3.8, 4) is 11.3 Å². The number of esters is 1. The molecule has 4 rings (SSSR count). The molecule has 2 N–H and O–H groups in total. The zero-order valence-corrected chi connectivity index (χ0v) is 17.4. The molecule has 30 heavy (non-hydrogen) atoms. The Bertz CT molecular complexity index is 1070. The van der Waals surface area contributed by atoms with Gasteiger partial charge in [0.15, 0.2) is 0 Å². The molecule has 0 fully saturated rings. The summed E-state index contributed by atoms with van der Waals surface area (Å²) in [5.41, 5.74) is 2.97. The highest BCUT2D eigenvalue weighted by Gasteiger charge is 2.27. The zero-order valence-electron chi connectivity index (χ0n) is 16.6. The van der Waals surface area contributed by atoms with Gasteiger partial charge in [-0.3, -0.25) is 9.89 Å². The smallest absolute Gasteiger partial charge is 0.341 e. The number of halogens is 1. The van der Waals surface area contributed by atoms with Gasteiger partial charge in [-0.15, -0.1) is 11.3 Å². The first-order chi connectivity index (χ1) is 14.6. The number of nitrogens with one attached hydrogen (secondary N) is 2. The summed E-state index contributed by atoms with van der Waals surface area (Å²) in [6.07, 6.45) is 4.55. The molecule has 0 spiro atoms. The molecule has 6 nitrogen and oxygen atoms in total. The van der Waals surface area contributed by atoms with E-state index in [1.165, 1.54) is 23.5 Å². The number of aromatic amines is 1. The number of carbonyl (C=O) groups excluding carboxylic acids is 2. The van der Waals surface area contributed by atoms with Crippen molar-refractivity contribution in [3.05, 3.63) is 57.8 Å². The van der Waals surface area contributed by atoms with Gasteiger partial charge in [0.05, 0.1) is 17.9 Å². The number of benzene rings is 1. The number of hydrogen-bond acceptors (Lipinski definition) is 5. The van der Waals surface area contributed by atoms with Gasteiger partial charge in [-0.05, 0) is 68.0 Å². The van der Waals surface area contributed by atoms with Gasteiger partial charge in [-0.25, -0.2) is 9.18 Å². The van der Waals surface area contributed by atoms with E-state index in [1.54, 1.807) is 18.2 Å². The van der Waals surface area contributed by atoms with E-state index in [4.69, 9.17) is 4.74 Å². The van der Waals surface area contributed by atoms with Gasteiger partial charge in [0.2, 0.25) is 0 Å². The number of H-pyrrole nitrogens is 1. The Kier molecular flexibility index (Phi) is 5.94. The first kappa shape index (κ1) is 20.3. The number of ether oxygens (including phenoxy) is 1. The van der Waals surface area contributed by atoms with Crippen molar-refractivity contribution in [1.29, 1.82) is 0 Å². The molecule has 0 aliphatic heterocycles. The van der Waals surface area contributed by atoms with Gasteiger partial charge in [0, 0.05) is 10.4 Å². The maximum atomic E-state index is 13.1. The summed E-state index contributed by atoms with van der Waals surface area (Å²) in [6.45, 7) is 2.29. The average molecular weight is 428 g/mol.